The Balaban J connectivity index is 1.63. The van der Waals surface area contributed by atoms with Crippen LogP contribution in [0.25, 0.3) is 0 Å². The van der Waals surface area contributed by atoms with Crippen LogP contribution in [0.5, 0.6) is 5.75 Å². The van der Waals surface area contributed by atoms with E-state index in [9.17, 15) is 4.39 Å². The lowest BCUT2D eigenvalue weighted by atomic mass is 10.0. The van der Waals surface area contributed by atoms with Crippen molar-refractivity contribution in [2.45, 2.75) is 12.8 Å². The predicted molar refractivity (Wildman–Crippen MR) is 83.3 cm³/mol. The molecule has 3 rings (SSSR count). The van der Waals surface area contributed by atoms with Crippen molar-refractivity contribution >= 4 is 11.4 Å². The van der Waals surface area contributed by atoms with Gasteiger partial charge in [0.2, 0.25) is 0 Å². The van der Waals surface area contributed by atoms with Crippen LogP contribution in [0.15, 0.2) is 42.5 Å². The molecule has 1 aliphatic heterocycles. The Kier molecular flexibility index (Phi) is 3.95. The van der Waals surface area contributed by atoms with E-state index in [1.807, 2.05) is 12.1 Å². The van der Waals surface area contributed by atoms with Gasteiger partial charge in [-0.15, -0.1) is 0 Å². The van der Waals surface area contributed by atoms with Gasteiger partial charge < -0.3 is 15.4 Å². The number of halogens is 1. The molecule has 0 aliphatic carbocycles. The third-order valence-corrected chi connectivity index (χ3v) is 3.75. The highest BCUT2D eigenvalue weighted by Gasteiger charge is 2.16. The number of rotatable bonds is 4. The van der Waals surface area contributed by atoms with Crippen molar-refractivity contribution in [1.29, 1.82) is 0 Å². The number of nitrogens with zero attached hydrogens (tertiary/aromatic N) is 1. The fourth-order valence-electron chi connectivity index (χ4n) is 2.73. The maximum absolute atomic E-state index is 13.1. The lowest BCUT2D eigenvalue weighted by Crippen LogP contribution is -2.33. The Hall–Kier alpha value is -2.23. The molecular weight excluding hydrogens is 267 g/mol. The van der Waals surface area contributed by atoms with Gasteiger partial charge >= 0.3 is 0 Å². The molecular formula is C17H19FN2O. The molecule has 21 heavy (non-hydrogen) atoms. The molecule has 2 aromatic carbocycles. The van der Waals surface area contributed by atoms with E-state index in [1.165, 1.54) is 23.4 Å². The topological polar surface area (TPSA) is 38.5 Å². The number of fused-ring (bicyclic) bond motifs is 1. The molecule has 0 saturated carbocycles. The summed E-state index contributed by atoms with van der Waals surface area (Å²) in [5, 5.41) is 0. The van der Waals surface area contributed by atoms with E-state index in [2.05, 4.69) is 11.0 Å². The minimum atomic E-state index is -0.274. The van der Waals surface area contributed by atoms with Crippen molar-refractivity contribution in [3.63, 3.8) is 0 Å². The number of benzene rings is 2. The molecule has 0 amide bonds. The first-order valence-electron chi connectivity index (χ1n) is 7.24. The summed E-state index contributed by atoms with van der Waals surface area (Å²) >= 11 is 0. The number of nitrogens with two attached hydrogens (primary N) is 1. The van der Waals surface area contributed by atoms with Crippen LogP contribution in [-0.4, -0.2) is 19.7 Å². The highest BCUT2D eigenvalue weighted by Crippen LogP contribution is 2.28. The standard InChI is InChI=1S/C17H19FN2O/c18-14-4-1-5-16(11-14)21-10-9-20-8-2-3-13-6-7-15(19)12-17(13)20/h1,4-7,11-12H,2-3,8-10,19H2. The number of nitrogen functional groups attached to an aromatic ring is 1. The number of hydrogen-bond donors (Lipinski definition) is 1. The van der Waals surface area contributed by atoms with Crippen molar-refractivity contribution in [1.82, 2.24) is 0 Å². The van der Waals surface area contributed by atoms with E-state index in [4.69, 9.17) is 10.5 Å². The Bertz CT molecular complexity index is 630. The molecule has 0 saturated heterocycles. The zero-order valence-electron chi connectivity index (χ0n) is 11.9. The Labute approximate surface area is 124 Å². The van der Waals surface area contributed by atoms with Crippen molar-refractivity contribution in [3.8, 4) is 5.75 Å². The lowest BCUT2D eigenvalue weighted by Gasteiger charge is -2.31. The minimum absolute atomic E-state index is 0.274. The van der Waals surface area contributed by atoms with Gasteiger partial charge in [0.1, 0.15) is 18.2 Å². The predicted octanol–water partition coefficient (Wildman–Crippen LogP) is 3.24. The molecule has 2 aromatic rings. The van der Waals surface area contributed by atoms with Crippen LogP contribution in [0.4, 0.5) is 15.8 Å². The van der Waals surface area contributed by atoms with Crippen molar-refractivity contribution in [2.24, 2.45) is 0 Å². The highest BCUT2D eigenvalue weighted by atomic mass is 19.1. The molecule has 3 nitrogen and oxygen atoms in total. The molecule has 0 fully saturated rings. The summed E-state index contributed by atoms with van der Waals surface area (Å²) in [6.45, 7) is 2.30. The summed E-state index contributed by atoms with van der Waals surface area (Å²) in [5.74, 6) is 0.295. The molecule has 2 N–H and O–H groups in total. The molecule has 1 aliphatic rings. The fraction of sp³-hybridized carbons (Fsp3) is 0.294. The van der Waals surface area contributed by atoms with Gasteiger partial charge in [-0.1, -0.05) is 12.1 Å². The van der Waals surface area contributed by atoms with Crippen LogP contribution < -0.4 is 15.4 Å². The summed E-state index contributed by atoms with van der Waals surface area (Å²) < 4.78 is 18.7. The first kappa shape index (κ1) is 13.7. The van der Waals surface area contributed by atoms with E-state index in [-0.39, 0.29) is 5.82 Å². The molecule has 0 bridgehead atoms. The first-order valence-corrected chi connectivity index (χ1v) is 7.24. The molecule has 0 radical (unpaired) electrons. The normalized spacial score (nSPS) is 13.9. The molecule has 1 heterocycles. The summed E-state index contributed by atoms with van der Waals surface area (Å²) in [7, 11) is 0. The average molecular weight is 286 g/mol. The van der Waals surface area contributed by atoms with E-state index in [0.29, 0.717) is 12.4 Å². The third-order valence-electron chi connectivity index (χ3n) is 3.75. The first-order chi connectivity index (χ1) is 10.2. The number of aryl methyl sites for hydroxylation is 1. The van der Waals surface area contributed by atoms with Crippen LogP contribution in [0, 0.1) is 5.82 Å². The maximum atomic E-state index is 13.1. The molecule has 0 atom stereocenters. The van der Waals surface area contributed by atoms with Crippen molar-refractivity contribution in [2.75, 3.05) is 30.3 Å². The second-order valence-electron chi connectivity index (χ2n) is 5.28. The van der Waals surface area contributed by atoms with Crippen LogP contribution in [-0.2, 0) is 6.42 Å². The van der Waals surface area contributed by atoms with Crippen LogP contribution in [0.3, 0.4) is 0 Å². The van der Waals surface area contributed by atoms with Crippen LogP contribution in [0.1, 0.15) is 12.0 Å². The van der Waals surface area contributed by atoms with Gasteiger partial charge in [-0.2, -0.15) is 0 Å². The number of hydrogen-bond acceptors (Lipinski definition) is 3. The summed E-state index contributed by atoms with van der Waals surface area (Å²) in [6, 6.07) is 12.3. The zero-order valence-corrected chi connectivity index (χ0v) is 11.9. The van der Waals surface area contributed by atoms with Crippen molar-refractivity contribution < 1.29 is 9.13 Å². The van der Waals surface area contributed by atoms with E-state index in [0.717, 1.165) is 31.6 Å². The molecule has 0 unspecified atom stereocenters. The minimum Gasteiger partial charge on any atom is -0.492 e. The Morgan fingerprint density at radius 2 is 2.10 bits per heavy atom. The van der Waals surface area contributed by atoms with Gasteiger partial charge in [0, 0.05) is 24.0 Å². The highest BCUT2D eigenvalue weighted by molar-refractivity contribution is 5.62. The van der Waals surface area contributed by atoms with Gasteiger partial charge in [-0.3, -0.25) is 0 Å². The number of ether oxygens (including phenoxy) is 1. The van der Waals surface area contributed by atoms with E-state index >= 15 is 0 Å². The Morgan fingerprint density at radius 1 is 1.19 bits per heavy atom. The van der Waals surface area contributed by atoms with Gasteiger partial charge in [0.05, 0.1) is 6.54 Å². The average Bonchev–Trinajstić information content (AvgIpc) is 2.48. The van der Waals surface area contributed by atoms with Gasteiger partial charge in [-0.05, 0) is 42.7 Å². The summed E-state index contributed by atoms with van der Waals surface area (Å²) in [4.78, 5) is 2.29. The molecule has 0 spiro atoms. The smallest absolute Gasteiger partial charge is 0.126 e. The molecule has 4 heteroatoms. The SMILES string of the molecule is Nc1ccc2c(c1)N(CCOc1cccc(F)c1)CCC2. The second kappa shape index (κ2) is 6.04. The van der Waals surface area contributed by atoms with E-state index < -0.39 is 0 Å². The third kappa shape index (κ3) is 3.27. The van der Waals surface area contributed by atoms with Crippen LogP contribution >= 0.6 is 0 Å². The maximum Gasteiger partial charge on any atom is 0.126 e. The quantitative estimate of drug-likeness (QED) is 0.877. The van der Waals surface area contributed by atoms with Gasteiger partial charge in [0.15, 0.2) is 0 Å². The zero-order chi connectivity index (χ0) is 14.7. The second-order valence-corrected chi connectivity index (χ2v) is 5.28. The Morgan fingerprint density at radius 3 is 2.95 bits per heavy atom. The monoisotopic (exact) mass is 286 g/mol. The molecule has 0 aromatic heterocycles. The fourth-order valence-corrected chi connectivity index (χ4v) is 2.73. The molecule has 110 valence electrons. The van der Waals surface area contributed by atoms with Gasteiger partial charge in [-0.25, -0.2) is 4.39 Å². The summed E-state index contributed by atoms with van der Waals surface area (Å²) in [6.07, 6.45) is 2.23. The number of anilines is 2. The van der Waals surface area contributed by atoms with E-state index in [1.54, 1.807) is 12.1 Å². The summed E-state index contributed by atoms with van der Waals surface area (Å²) in [5.41, 5.74) is 9.20. The largest absolute Gasteiger partial charge is 0.492 e. The lowest BCUT2D eigenvalue weighted by molar-refractivity contribution is 0.321. The van der Waals surface area contributed by atoms with Crippen LogP contribution in [0.2, 0.25) is 0 Å². The van der Waals surface area contributed by atoms with Crippen molar-refractivity contribution in [3.05, 3.63) is 53.8 Å². The van der Waals surface area contributed by atoms with Gasteiger partial charge in [0.25, 0.3) is 0 Å².